The molecule has 47 heteroatoms. The number of hydrogen-bond donors (Lipinski definition) is 8. The summed E-state index contributed by atoms with van der Waals surface area (Å²) in [4.78, 5) is 120. The highest BCUT2D eigenvalue weighted by atomic mass is 32.5. The first-order chi connectivity index (χ1) is 60.4. The lowest BCUT2D eigenvalue weighted by molar-refractivity contribution is -0.0521. The van der Waals surface area contributed by atoms with Gasteiger partial charge >= 0.3 is 16.5 Å². The summed E-state index contributed by atoms with van der Waals surface area (Å²) in [6.45, 7) is 38.4. The Bertz CT molecular complexity index is 5760. The number of aliphatic hydroxyl groups excluding tert-OH is 2. The minimum absolute atomic E-state index is 0. The second kappa shape index (κ2) is 42.8. The maximum atomic E-state index is 13.1. The first-order valence-corrected chi connectivity index (χ1v) is 54.4. The van der Waals surface area contributed by atoms with Crippen LogP contribution in [0.5, 0.6) is 0 Å². The maximum Gasteiger partial charge on any atom is 0.695 e. The van der Waals surface area contributed by atoms with E-state index in [2.05, 4.69) is 178 Å². The van der Waals surface area contributed by atoms with E-state index in [4.69, 9.17) is 62.2 Å². The van der Waals surface area contributed by atoms with Gasteiger partial charge in [0, 0.05) is 50.8 Å². The van der Waals surface area contributed by atoms with Gasteiger partial charge in [0.1, 0.15) is 69.2 Å². The van der Waals surface area contributed by atoms with Gasteiger partial charge in [0.25, 0.3) is 22.9 Å². The Hall–Kier alpha value is -8.19. The molecule has 0 spiro atoms. The number of hydrogen-bond acceptors (Lipinski definition) is 31. The zero-order valence-electron chi connectivity index (χ0n) is 75.2. The first-order valence-electron chi connectivity index (χ1n) is 41.6. The highest BCUT2D eigenvalue weighted by Crippen LogP contribution is 2.55. The number of terminal acetylenes is 1. The summed E-state index contributed by atoms with van der Waals surface area (Å²) in [5.41, 5.74) is 2.70. The highest BCUT2D eigenvalue weighted by molar-refractivity contribution is 8.09. The summed E-state index contributed by atoms with van der Waals surface area (Å²) in [7, 11) is -12.1. The van der Waals surface area contributed by atoms with Crippen LogP contribution in [0.3, 0.4) is 0 Å². The van der Waals surface area contributed by atoms with Crippen molar-refractivity contribution in [2.75, 3.05) is 43.8 Å². The van der Waals surface area contributed by atoms with Gasteiger partial charge in [-0.25, -0.2) is 49.8 Å². The van der Waals surface area contributed by atoms with E-state index >= 15 is 0 Å². The number of ether oxygens (including phenoxy) is 4. The average molecular weight is 1920 g/mol. The number of benzene rings is 2. The van der Waals surface area contributed by atoms with E-state index in [1.165, 1.54) is 31.6 Å². The fourth-order valence-electron chi connectivity index (χ4n) is 15.2. The number of nitrogens with one attached hydrogen (secondary N) is 4. The summed E-state index contributed by atoms with van der Waals surface area (Å²) in [6, 6.07) is 18.1. The number of H-pyrrole nitrogens is 2. The molecule has 4 aliphatic heterocycles. The van der Waals surface area contributed by atoms with Crippen molar-refractivity contribution < 1.29 is 89.1 Å². The molecule has 0 bridgehead atoms. The second-order valence-electron chi connectivity index (χ2n) is 35.0. The molecule has 12 heterocycles. The summed E-state index contributed by atoms with van der Waals surface area (Å²) in [6.07, 6.45) is 6.89. The summed E-state index contributed by atoms with van der Waals surface area (Å²) in [5, 5.41) is 25.3. The van der Waals surface area contributed by atoms with Crippen LogP contribution >= 0.6 is 31.3 Å². The van der Waals surface area contributed by atoms with Crippen molar-refractivity contribution in [2.45, 2.75) is 252 Å². The Morgan fingerprint density at radius 3 is 1.34 bits per heavy atom. The number of fused-ring (bicyclic) bond motifs is 4. The molecular weight excluding hydrogens is 1800 g/mol. The fraction of sp³-hybridized carbons (Fsp3) is 0.561. The Morgan fingerprint density at radius 2 is 0.946 bits per heavy atom. The van der Waals surface area contributed by atoms with E-state index in [1.54, 1.807) is 95.1 Å². The smallest absolute Gasteiger partial charge is 0.406 e. The molecule has 4 aliphatic rings. The third-order valence-electron chi connectivity index (χ3n) is 23.5. The molecule has 40 nitrogen and oxygen atoms in total. The highest BCUT2D eigenvalue weighted by Gasteiger charge is 2.58. The second-order valence-corrected chi connectivity index (χ2v) is 51.5. The third-order valence-corrected chi connectivity index (χ3v) is 37.3. The average Bonchev–Trinajstić information content (AvgIpc) is 1.63. The van der Waals surface area contributed by atoms with Crippen molar-refractivity contribution in [3.8, 4) is 12.8 Å². The minimum Gasteiger partial charge on any atom is -0.406 e. The molecule has 10 aromatic rings. The lowest BCUT2D eigenvalue weighted by Crippen LogP contribution is -2.49. The molecule has 129 heavy (non-hydrogen) atoms. The Kier molecular flexibility index (Phi) is 34.1. The number of carbonyl (C=O) groups is 2. The van der Waals surface area contributed by atoms with Gasteiger partial charge in [-0.3, -0.25) is 42.1 Å². The first kappa shape index (κ1) is 103. The molecule has 700 valence electrons. The number of imidazole rings is 4. The third kappa shape index (κ3) is 23.0. The van der Waals surface area contributed by atoms with Gasteiger partial charge in [0.05, 0.1) is 57.3 Å². The summed E-state index contributed by atoms with van der Waals surface area (Å²) >= 11 is 5.97. The number of rotatable bonds is 29. The summed E-state index contributed by atoms with van der Waals surface area (Å²) in [5.74, 6) is 0.381. The van der Waals surface area contributed by atoms with Crippen molar-refractivity contribution in [3.63, 3.8) is 0 Å². The van der Waals surface area contributed by atoms with E-state index in [0.717, 1.165) is 6.42 Å². The van der Waals surface area contributed by atoms with Gasteiger partial charge < -0.3 is 72.2 Å². The van der Waals surface area contributed by atoms with Crippen molar-refractivity contribution in [1.82, 2.24) is 82.7 Å². The minimum atomic E-state index is -3.23. The molecule has 8 N–H and O–H groups in total. The number of aliphatic hydroxyl groups is 2. The Morgan fingerprint density at radius 1 is 0.581 bits per heavy atom. The van der Waals surface area contributed by atoms with Gasteiger partial charge in [0.15, 0.2) is 117 Å². The predicted molar refractivity (Wildman–Crippen MR) is 495 cm³/mol. The van der Waals surface area contributed by atoms with Crippen molar-refractivity contribution in [1.29, 1.82) is 0 Å². The monoisotopic (exact) mass is 1920 g/mol. The van der Waals surface area contributed by atoms with E-state index in [1.807, 2.05) is 43.7 Å². The molecule has 2 aromatic carbocycles. The molecule has 14 rings (SSSR count). The molecule has 0 aliphatic carbocycles. The number of aromatic amines is 2. The number of anilines is 2. The lowest BCUT2D eigenvalue weighted by Gasteiger charge is -2.40. The molecular formula is C82H119N19O21P4SSi2+2. The van der Waals surface area contributed by atoms with Gasteiger partial charge in [-0.2, -0.15) is 0 Å². The van der Waals surface area contributed by atoms with Crippen LogP contribution in [0.4, 0.5) is 11.6 Å². The van der Waals surface area contributed by atoms with Crippen LogP contribution in [-0.4, -0.2) is 237 Å². The van der Waals surface area contributed by atoms with Crippen LogP contribution in [0.2, 0.25) is 36.3 Å². The van der Waals surface area contributed by atoms with Gasteiger partial charge in [0.2, 0.25) is 0 Å². The molecule has 4 saturated heterocycles. The normalized spacial score (nSPS) is 24.6. The molecule has 0 saturated carbocycles. The summed E-state index contributed by atoms with van der Waals surface area (Å²) < 4.78 is 103. The van der Waals surface area contributed by atoms with E-state index < -0.39 is 139 Å². The van der Waals surface area contributed by atoms with Gasteiger partial charge in [-0.05, 0) is 127 Å². The fourth-order valence-corrected chi connectivity index (χ4v) is 22.4. The Balaban J connectivity index is 0.000000214. The van der Waals surface area contributed by atoms with Crippen molar-refractivity contribution >= 4 is 128 Å². The number of aromatic nitrogens is 16. The van der Waals surface area contributed by atoms with E-state index in [-0.39, 0.29) is 94.9 Å². The number of carbonyl (C=O) groups excluding carboxylic acids is 2. The topological polar surface area (TPSA) is 492 Å². The van der Waals surface area contributed by atoms with Crippen LogP contribution < -0.4 is 21.8 Å². The van der Waals surface area contributed by atoms with Crippen LogP contribution in [0.1, 0.15) is 161 Å². The Labute approximate surface area is 758 Å². The van der Waals surface area contributed by atoms with Gasteiger partial charge in [-0.1, -0.05) is 106 Å². The number of nitrogens with zero attached hydrogens (tertiary/aromatic N) is 15. The van der Waals surface area contributed by atoms with Crippen LogP contribution in [0.15, 0.2) is 108 Å². The zero-order chi connectivity index (χ0) is 93.7. The predicted octanol–water partition coefficient (Wildman–Crippen LogP) is 12.8. The van der Waals surface area contributed by atoms with Crippen LogP contribution in [0.25, 0.3) is 44.7 Å². The van der Waals surface area contributed by atoms with E-state index in [0.29, 0.717) is 62.8 Å². The number of aryl methyl sites for hydroxylation is 2. The van der Waals surface area contributed by atoms with Gasteiger partial charge in [-0.15, -0.1) is 31.7 Å². The quantitative estimate of drug-likeness (QED) is 0.0123. The standard InChI is InChI=1S/C36H47N9O11P2SSi.C23H30N5O7PSi.C20H34N5O3P.C2H2.CH4/c1-19-22(14-46)52-34(45-18-40-25-31(45)41-20(2)42-33(25)48)26(19)55-58(6,59)51-15-23-27(54-57(49)50)28(56-60(7,8)36(3,4)5)35(53-23)44-17-39-24-29(37-16-38-30(24)44)43-32(47)21-12-10-9-11-13-21;1-23(2,3)37(4,5)35-18-17(34-36(31)32)15(11-29)33-22(18)28-13-26-16-19(24-12-25-20(16)28)27-21(30)14-9-7-6-8-10-14;1-9-15-13(6)17(28-29(8)25(11(2)3)12(4)5)20(27-15)24-10-21-16-18(24)22-14(7)23-19(16)26;1-2;/h9-13,16-19,22-23,26-28,34-35,46H,14-15H2,1-8H3,(H2-,37,38,41,42,43,47,48,49,50);6-10,12-13,15,17-18,22,29H,11H2,1-5H3,(H-,24,25,27,30,31,32);10-13,15,17,20H,9H2,1-8H3,(H,22,23,26);1-2H;1H4/p+2/t19-,22+,23+,26?,27-,28?,34+,35+,58?;15-,17+,18?,22-;13-,15+,17?,20+,29?;;/m010../s1. The van der Waals surface area contributed by atoms with Crippen LogP contribution in [0, 0.1) is 38.5 Å². The molecule has 4 fully saturated rings. The number of amides is 2. The van der Waals surface area contributed by atoms with Crippen LogP contribution in [-0.2, 0) is 71.4 Å². The molecule has 0 radical (unpaired) electrons. The maximum absolute atomic E-state index is 13.1. The van der Waals surface area contributed by atoms with Crippen molar-refractivity contribution in [2.24, 2.45) is 11.8 Å². The zero-order valence-corrected chi connectivity index (χ0v) is 81.6. The molecule has 2 amide bonds. The van der Waals surface area contributed by atoms with E-state index in [9.17, 15) is 48.3 Å². The van der Waals surface area contributed by atoms with Crippen molar-refractivity contribution in [3.05, 3.63) is 142 Å². The molecule has 8 unspecified atom stereocenters. The largest absolute Gasteiger partial charge is 0.695 e. The SMILES string of the molecule is C.C#C.CC(C)(C)[Si](C)(C)OC1[C@@H](O[P+](=O)O)[C@@H](CO)O[C@H]1n1cnc2c(NC(=O)c3ccccc3)ncnc21.CC[C@H]1O[C@@H](n2cnc3c(=O)[nH]c(C)nc32)C(OP(C)N(C(C)C)C(C)C)[C@H]1C.Cc1nc2c(ncn2[C@@H]2O[C@H](CO)[C@H](C)C2OP(C)(=S)OC[C@H]2O[C@@H](n3cnc4c(NC(=O)c5ccccc5)ncnc43)C(O[Si](C)(C)C(C)(C)C)[C@H]2O[P+](=O)O)c(=O)[nH]1. The molecule has 20 atom stereocenters. The lowest BCUT2D eigenvalue weighted by atomic mass is 9.99. The molecule has 8 aromatic heterocycles.